The van der Waals surface area contributed by atoms with Gasteiger partial charge in [0.25, 0.3) is 0 Å². The lowest BCUT2D eigenvalue weighted by atomic mass is 10.1. The van der Waals surface area contributed by atoms with E-state index in [1.807, 2.05) is 12.1 Å². The van der Waals surface area contributed by atoms with Gasteiger partial charge >= 0.3 is 0 Å². The molecule has 0 aliphatic carbocycles. The van der Waals surface area contributed by atoms with Crippen molar-refractivity contribution in [3.8, 4) is 11.5 Å². The zero-order valence-corrected chi connectivity index (χ0v) is 15.8. The van der Waals surface area contributed by atoms with E-state index in [2.05, 4.69) is 56.4 Å². The van der Waals surface area contributed by atoms with E-state index in [9.17, 15) is 0 Å². The molecule has 2 rings (SSSR count). The molecule has 0 aliphatic heterocycles. The number of hydrogen-bond acceptors (Lipinski definition) is 3. The number of anilines is 1. The average Bonchev–Trinajstić information content (AvgIpc) is 2.59. The molecule has 0 radical (unpaired) electrons. The standard InChI is InChI=1S/C22H31NO2/c1-4-5-6-7-13-24-21-10-8-20(9-11-21)23-12-14-25-22-16-18(2)15-19(3)17-22/h8-11,15-17,23H,4-7,12-14H2,1-3H3. The van der Waals surface area contributed by atoms with Crippen LogP contribution in [0.15, 0.2) is 42.5 Å². The fourth-order valence-corrected chi connectivity index (χ4v) is 2.77. The van der Waals surface area contributed by atoms with Crippen molar-refractivity contribution in [3.05, 3.63) is 53.6 Å². The summed E-state index contributed by atoms with van der Waals surface area (Å²) in [4.78, 5) is 0. The van der Waals surface area contributed by atoms with Gasteiger partial charge in [0.2, 0.25) is 0 Å². The number of nitrogens with one attached hydrogen (secondary N) is 1. The molecule has 0 saturated heterocycles. The van der Waals surface area contributed by atoms with Gasteiger partial charge in [-0.25, -0.2) is 0 Å². The minimum absolute atomic E-state index is 0.637. The maximum Gasteiger partial charge on any atom is 0.119 e. The summed E-state index contributed by atoms with van der Waals surface area (Å²) in [7, 11) is 0. The van der Waals surface area contributed by atoms with Gasteiger partial charge in [0, 0.05) is 12.2 Å². The molecule has 0 amide bonds. The summed E-state index contributed by atoms with van der Waals surface area (Å²) in [6.07, 6.45) is 4.92. The first-order valence-electron chi connectivity index (χ1n) is 9.35. The van der Waals surface area contributed by atoms with Crippen LogP contribution in [0.3, 0.4) is 0 Å². The van der Waals surface area contributed by atoms with Crippen LogP contribution in [0.1, 0.15) is 43.7 Å². The molecule has 0 spiro atoms. The number of aryl methyl sites for hydroxylation is 2. The Kier molecular flexibility index (Phi) is 8.17. The Hall–Kier alpha value is -2.16. The van der Waals surface area contributed by atoms with Crippen molar-refractivity contribution in [2.45, 2.75) is 46.5 Å². The molecular weight excluding hydrogens is 310 g/mol. The van der Waals surface area contributed by atoms with E-state index in [0.717, 1.165) is 36.8 Å². The van der Waals surface area contributed by atoms with Crippen LogP contribution in [-0.2, 0) is 0 Å². The highest BCUT2D eigenvalue weighted by Crippen LogP contribution is 2.17. The second-order valence-corrected chi connectivity index (χ2v) is 6.53. The molecule has 0 saturated carbocycles. The van der Waals surface area contributed by atoms with Crippen molar-refractivity contribution in [1.82, 2.24) is 0 Å². The molecule has 136 valence electrons. The molecule has 0 fully saturated rings. The van der Waals surface area contributed by atoms with Gasteiger partial charge in [0.1, 0.15) is 18.1 Å². The van der Waals surface area contributed by atoms with Gasteiger partial charge in [-0.1, -0.05) is 32.3 Å². The number of benzene rings is 2. The third kappa shape index (κ3) is 7.51. The highest BCUT2D eigenvalue weighted by Gasteiger charge is 1.98. The van der Waals surface area contributed by atoms with E-state index in [-0.39, 0.29) is 0 Å². The fraction of sp³-hybridized carbons (Fsp3) is 0.455. The van der Waals surface area contributed by atoms with Crippen LogP contribution >= 0.6 is 0 Å². The van der Waals surface area contributed by atoms with E-state index in [1.54, 1.807) is 0 Å². The second-order valence-electron chi connectivity index (χ2n) is 6.53. The molecule has 0 heterocycles. The van der Waals surface area contributed by atoms with Crippen LogP contribution in [0.25, 0.3) is 0 Å². The molecule has 0 bridgehead atoms. The summed E-state index contributed by atoms with van der Waals surface area (Å²) in [5.41, 5.74) is 3.55. The van der Waals surface area contributed by atoms with Crippen LogP contribution in [0.5, 0.6) is 11.5 Å². The lowest BCUT2D eigenvalue weighted by molar-refractivity contribution is 0.305. The molecule has 0 aliphatic rings. The molecule has 2 aromatic rings. The quantitative estimate of drug-likeness (QED) is 0.528. The van der Waals surface area contributed by atoms with Crippen LogP contribution in [0.4, 0.5) is 5.69 Å². The fourth-order valence-electron chi connectivity index (χ4n) is 2.77. The summed E-state index contributed by atoms with van der Waals surface area (Å²) < 4.78 is 11.6. The number of unbranched alkanes of at least 4 members (excludes halogenated alkanes) is 3. The first-order valence-corrected chi connectivity index (χ1v) is 9.35. The average molecular weight is 341 g/mol. The number of ether oxygens (including phenoxy) is 2. The summed E-state index contributed by atoms with van der Waals surface area (Å²) in [6.45, 7) is 8.61. The topological polar surface area (TPSA) is 30.5 Å². The van der Waals surface area contributed by atoms with Crippen molar-refractivity contribution < 1.29 is 9.47 Å². The molecular formula is C22H31NO2. The maximum absolute atomic E-state index is 5.81. The summed E-state index contributed by atoms with van der Waals surface area (Å²) in [6, 6.07) is 14.4. The Balaban J connectivity index is 1.65. The maximum atomic E-state index is 5.81. The van der Waals surface area contributed by atoms with Crippen LogP contribution in [-0.4, -0.2) is 19.8 Å². The number of hydrogen-bond donors (Lipinski definition) is 1. The largest absolute Gasteiger partial charge is 0.494 e. The third-order valence-electron chi connectivity index (χ3n) is 4.02. The van der Waals surface area contributed by atoms with Gasteiger partial charge in [0.05, 0.1) is 6.61 Å². The van der Waals surface area contributed by atoms with Crippen LogP contribution < -0.4 is 14.8 Å². The van der Waals surface area contributed by atoms with Crippen molar-refractivity contribution >= 4 is 5.69 Å². The number of rotatable bonds is 11. The van der Waals surface area contributed by atoms with Crippen molar-refractivity contribution in [2.75, 3.05) is 25.1 Å². The van der Waals surface area contributed by atoms with Gasteiger partial charge in [-0.3, -0.25) is 0 Å². The lowest BCUT2D eigenvalue weighted by Gasteiger charge is -2.11. The molecule has 0 aromatic heterocycles. The SMILES string of the molecule is CCCCCCOc1ccc(NCCOc2cc(C)cc(C)c2)cc1. The molecule has 2 aromatic carbocycles. The molecule has 25 heavy (non-hydrogen) atoms. The predicted molar refractivity (Wildman–Crippen MR) is 106 cm³/mol. The monoisotopic (exact) mass is 341 g/mol. The molecule has 3 nitrogen and oxygen atoms in total. The predicted octanol–water partition coefficient (Wildman–Crippen LogP) is 5.75. The first kappa shape index (κ1) is 19.2. The van der Waals surface area contributed by atoms with Gasteiger partial charge in [-0.2, -0.15) is 0 Å². The van der Waals surface area contributed by atoms with Crippen molar-refractivity contribution in [1.29, 1.82) is 0 Å². The lowest BCUT2D eigenvalue weighted by Crippen LogP contribution is -2.11. The minimum atomic E-state index is 0.637. The zero-order chi connectivity index (χ0) is 17.9. The molecule has 3 heteroatoms. The van der Waals surface area contributed by atoms with Crippen LogP contribution in [0, 0.1) is 13.8 Å². The molecule has 0 atom stereocenters. The summed E-state index contributed by atoms with van der Waals surface area (Å²) in [5.74, 6) is 1.87. The first-order chi connectivity index (χ1) is 12.2. The van der Waals surface area contributed by atoms with Gasteiger partial charge < -0.3 is 14.8 Å². The minimum Gasteiger partial charge on any atom is -0.494 e. The second kappa shape index (κ2) is 10.7. The van der Waals surface area contributed by atoms with Gasteiger partial charge in [-0.15, -0.1) is 0 Å². The molecule has 0 unspecified atom stereocenters. The normalized spacial score (nSPS) is 10.5. The Morgan fingerprint density at radius 1 is 0.760 bits per heavy atom. The van der Waals surface area contributed by atoms with Gasteiger partial charge in [-0.05, 0) is 67.8 Å². The van der Waals surface area contributed by atoms with E-state index in [1.165, 1.54) is 30.4 Å². The Morgan fingerprint density at radius 2 is 1.44 bits per heavy atom. The smallest absolute Gasteiger partial charge is 0.119 e. The van der Waals surface area contributed by atoms with Crippen molar-refractivity contribution in [3.63, 3.8) is 0 Å². The highest BCUT2D eigenvalue weighted by molar-refractivity contribution is 5.46. The Labute approximate surface area is 152 Å². The summed E-state index contributed by atoms with van der Waals surface area (Å²) in [5, 5.41) is 3.37. The molecule has 1 N–H and O–H groups in total. The Bertz CT molecular complexity index is 602. The Morgan fingerprint density at radius 3 is 2.12 bits per heavy atom. The van der Waals surface area contributed by atoms with Gasteiger partial charge in [0.15, 0.2) is 0 Å². The van der Waals surface area contributed by atoms with E-state index in [0.29, 0.717) is 6.61 Å². The van der Waals surface area contributed by atoms with E-state index < -0.39 is 0 Å². The van der Waals surface area contributed by atoms with Crippen LogP contribution in [0.2, 0.25) is 0 Å². The highest BCUT2D eigenvalue weighted by atomic mass is 16.5. The third-order valence-corrected chi connectivity index (χ3v) is 4.02. The zero-order valence-electron chi connectivity index (χ0n) is 15.8. The summed E-state index contributed by atoms with van der Waals surface area (Å²) >= 11 is 0. The van der Waals surface area contributed by atoms with Crippen molar-refractivity contribution in [2.24, 2.45) is 0 Å². The van der Waals surface area contributed by atoms with E-state index >= 15 is 0 Å². The van der Waals surface area contributed by atoms with E-state index in [4.69, 9.17) is 9.47 Å².